The number of carbonyl (C=O) groups excluding carboxylic acids is 3. The Morgan fingerprint density at radius 1 is 1.25 bits per heavy atom. The minimum Gasteiger partial charge on any atom is -0.480 e. The number of carboxylic acid groups (broad SMARTS) is 1. The van der Waals surface area contributed by atoms with Crippen LogP contribution in [0.4, 0.5) is 0 Å². The molecule has 124 valence electrons. The van der Waals surface area contributed by atoms with Gasteiger partial charge in [0.1, 0.15) is 17.5 Å². The van der Waals surface area contributed by atoms with Crippen LogP contribution in [-0.2, 0) is 9.59 Å². The summed E-state index contributed by atoms with van der Waals surface area (Å²) < 4.78 is 21.5. The summed E-state index contributed by atoms with van der Waals surface area (Å²) in [6, 6.07) is 3.36. The van der Waals surface area contributed by atoms with E-state index in [1.807, 2.05) is 0 Å². The fraction of sp³-hybridized carbons (Fsp3) is 0.375. The fourth-order valence-corrected chi connectivity index (χ4v) is 5.05. The summed E-state index contributed by atoms with van der Waals surface area (Å²) in [6.45, 7) is -1.39. The molecule has 0 saturated carbocycles. The lowest BCUT2D eigenvalue weighted by molar-refractivity contribution is -0.162. The highest BCUT2D eigenvalue weighted by molar-refractivity contribution is 8.01. The van der Waals surface area contributed by atoms with Crippen molar-refractivity contribution in [3.8, 4) is 0 Å². The van der Waals surface area contributed by atoms with Gasteiger partial charge in [-0.15, -0.1) is 11.8 Å². The first-order valence-corrected chi connectivity index (χ1v) is 8.08. The summed E-state index contributed by atoms with van der Waals surface area (Å²) in [7, 11) is 0. The van der Waals surface area contributed by atoms with Gasteiger partial charge in [0.2, 0.25) is 0 Å². The Morgan fingerprint density at radius 3 is 2.33 bits per heavy atom. The van der Waals surface area contributed by atoms with Gasteiger partial charge in [-0.2, -0.15) is 0 Å². The van der Waals surface area contributed by atoms with Crippen LogP contribution in [0.25, 0.3) is 0 Å². The molecule has 2 saturated heterocycles. The SMILES string of the molecule is [2H]C([2H])([2H])C1(C)S[C@@H]2[C@H](N3C(=O)c4ccccc4C3=O)C(=O)N2[C@H]1C(=O)O. The van der Waals surface area contributed by atoms with Crippen molar-refractivity contribution < 1.29 is 28.4 Å². The van der Waals surface area contributed by atoms with E-state index in [4.69, 9.17) is 4.11 Å². The minimum absolute atomic E-state index is 0.171. The van der Waals surface area contributed by atoms with Crippen LogP contribution in [-0.4, -0.2) is 60.8 Å². The van der Waals surface area contributed by atoms with Crippen molar-refractivity contribution in [3.63, 3.8) is 0 Å². The molecule has 4 atom stereocenters. The number of nitrogens with zero attached hydrogens (tertiary/aromatic N) is 2. The van der Waals surface area contributed by atoms with Gasteiger partial charge in [-0.1, -0.05) is 12.1 Å². The van der Waals surface area contributed by atoms with E-state index in [9.17, 15) is 24.3 Å². The third-order valence-corrected chi connectivity index (χ3v) is 5.99. The van der Waals surface area contributed by atoms with Gasteiger partial charge in [-0.3, -0.25) is 19.3 Å². The molecule has 24 heavy (non-hydrogen) atoms. The third kappa shape index (κ3) is 1.69. The normalized spacial score (nSPS) is 36.6. The number of fused-ring (bicyclic) bond motifs is 2. The minimum atomic E-state index is -2.66. The molecule has 3 aliphatic rings. The van der Waals surface area contributed by atoms with Crippen LogP contribution in [0, 0.1) is 0 Å². The quantitative estimate of drug-likeness (QED) is 0.627. The van der Waals surface area contributed by atoms with E-state index in [2.05, 4.69) is 0 Å². The van der Waals surface area contributed by atoms with E-state index in [0.717, 1.165) is 21.6 Å². The van der Waals surface area contributed by atoms with Gasteiger partial charge in [0.15, 0.2) is 0 Å². The highest BCUT2D eigenvalue weighted by atomic mass is 32.2. The molecule has 0 aromatic heterocycles. The van der Waals surface area contributed by atoms with E-state index >= 15 is 0 Å². The lowest BCUT2D eigenvalue weighted by Gasteiger charge is -2.46. The van der Waals surface area contributed by atoms with E-state index in [0.29, 0.717) is 0 Å². The second-order valence-corrected chi connectivity index (χ2v) is 7.64. The van der Waals surface area contributed by atoms with E-state index < -0.39 is 52.7 Å². The summed E-state index contributed by atoms with van der Waals surface area (Å²) in [5.74, 6) is -3.44. The smallest absolute Gasteiger partial charge is 0.327 e. The van der Waals surface area contributed by atoms with E-state index in [1.165, 1.54) is 19.1 Å². The average Bonchev–Trinajstić information content (AvgIpc) is 3.01. The molecule has 3 amide bonds. The van der Waals surface area contributed by atoms with Gasteiger partial charge in [0, 0.05) is 8.86 Å². The van der Waals surface area contributed by atoms with Gasteiger partial charge in [0.25, 0.3) is 17.7 Å². The Kier molecular flexibility index (Phi) is 2.31. The second-order valence-electron chi connectivity index (χ2n) is 6.07. The number of hydrogen-bond acceptors (Lipinski definition) is 5. The zero-order valence-electron chi connectivity index (χ0n) is 15.4. The molecule has 3 heterocycles. The summed E-state index contributed by atoms with van der Waals surface area (Å²) in [6.07, 6.45) is 0. The first kappa shape index (κ1) is 12.1. The first-order valence-electron chi connectivity index (χ1n) is 8.70. The molecule has 1 unspecified atom stereocenters. The topological polar surface area (TPSA) is 95.0 Å². The summed E-state index contributed by atoms with van der Waals surface area (Å²) in [5.41, 5.74) is 0.343. The number of imide groups is 1. The number of β-lactam (4-membered cyclic amide) rings is 1. The maximum Gasteiger partial charge on any atom is 0.327 e. The van der Waals surface area contributed by atoms with E-state index in [-0.39, 0.29) is 11.1 Å². The van der Waals surface area contributed by atoms with Crippen molar-refractivity contribution in [1.82, 2.24) is 9.80 Å². The molecular weight excluding hydrogens is 332 g/mol. The molecule has 0 bridgehead atoms. The molecule has 0 radical (unpaired) electrons. The predicted octanol–water partition coefficient (Wildman–Crippen LogP) is 0.798. The van der Waals surface area contributed by atoms with Crippen molar-refractivity contribution >= 4 is 35.5 Å². The van der Waals surface area contributed by atoms with Crippen molar-refractivity contribution in [2.75, 3.05) is 0 Å². The average molecular weight is 349 g/mol. The van der Waals surface area contributed by atoms with Crippen molar-refractivity contribution in [1.29, 1.82) is 0 Å². The number of aliphatic carboxylic acids is 1. The monoisotopic (exact) mass is 349 g/mol. The number of amides is 3. The van der Waals surface area contributed by atoms with Gasteiger partial charge in [-0.25, -0.2) is 4.79 Å². The van der Waals surface area contributed by atoms with Crippen molar-refractivity contribution in [2.45, 2.75) is 36.0 Å². The van der Waals surface area contributed by atoms with Crippen molar-refractivity contribution in [2.24, 2.45) is 0 Å². The largest absolute Gasteiger partial charge is 0.480 e. The lowest BCUT2D eigenvalue weighted by Crippen LogP contribution is -2.71. The molecule has 3 aliphatic heterocycles. The summed E-state index contributed by atoms with van der Waals surface area (Å²) in [5, 5.41) is 8.63. The van der Waals surface area contributed by atoms with Crippen LogP contribution >= 0.6 is 11.8 Å². The molecule has 1 aromatic rings. The third-order valence-electron chi connectivity index (χ3n) is 4.55. The maximum atomic E-state index is 12.7. The molecule has 1 N–H and O–H groups in total. The molecule has 8 heteroatoms. The zero-order valence-corrected chi connectivity index (χ0v) is 13.2. The molecule has 4 rings (SSSR count). The second kappa shape index (κ2) is 4.60. The van der Waals surface area contributed by atoms with Crippen molar-refractivity contribution in [3.05, 3.63) is 35.4 Å². The number of rotatable bonds is 2. The molecule has 2 fully saturated rings. The van der Waals surface area contributed by atoms with Crippen LogP contribution in [0.3, 0.4) is 0 Å². The molecule has 0 spiro atoms. The Hall–Kier alpha value is -2.35. The van der Waals surface area contributed by atoms with Crippen LogP contribution in [0.1, 0.15) is 38.6 Å². The van der Waals surface area contributed by atoms with Gasteiger partial charge >= 0.3 is 5.97 Å². The lowest BCUT2D eigenvalue weighted by atomic mass is 9.95. The number of carbonyl (C=O) groups is 4. The highest BCUT2D eigenvalue weighted by Gasteiger charge is 2.67. The Bertz CT molecular complexity index is 885. The summed E-state index contributed by atoms with van der Waals surface area (Å²) in [4.78, 5) is 51.5. The van der Waals surface area contributed by atoms with Crippen LogP contribution < -0.4 is 0 Å². The van der Waals surface area contributed by atoms with Gasteiger partial charge < -0.3 is 10.0 Å². The molecule has 7 nitrogen and oxygen atoms in total. The number of thioether (sulfide) groups is 1. The standard InChI is InChI=1S/C16H14N2O5S/c1-16(2)10(15(22)23)18-13(21)9(14(18)24-16)17-11(19)7-5-3-4-6-8(7)12(17)20/h3-6,9-10,14H,1-2H3,(H,22,23)/t9-,10+,14-/m1/s1/i1D3/t9-,10+,14-,16?. The van der Waals surface area contributed by atoms with Crippen LogP contribution in [0.15, 0.2) is 24.3 Å². The molecule has 1 aromatic carbocycles. The first-order chi connectivity index (χ1) is 12.5. The Morgan fingerprint density at radius 2 is 1.83 bits per heavy atom. The van der Waals surface area contributed by atoms with Crippen LogP contribution in [0.5, 0.6) is 0 Å². The van der Waals surface area contributed by atoms with Crippen LogP contribution in [0.2, 0.25) is 0 Å². The highest BCUT2D eigenvalue weighted by Crippen LogP contribution is 2.52. The van der Waals surface area contributed by atoms with Gasteiger partial charge in [0.05, 0.1) is 11.1 Å². The zero-order chi connectivity index (χ0) is 19.9. The van der Waals surface area contributed by atoms with E-state index in [1.54, 1.807) is 12.1 Å². The Labute approximate surface area is 145 Å². The number of benzene rings is 1. The molecular formula is C16H14N2O5S. The molecule has 0 aliphatic carbocycles. The van der Waals surface area contributed by atoms with Gasteiger partial charge in [-0.05, 0) is 25.9 Å². The number of carboxylic acids is 1. The fourth-order valence-electron chi connectivity index (χ4n) is 3.50. The Balaban J connectivity index is 1.72. The maximum absolute atomic E-state index is 12.7. The summed E-state index contributed by atoms with van der Waals surface area (Å²) >= 11 is 0.803. The number of hydrogen-bond donors (Lipinski definition) is 1. The predicted molar refractivity (Wildman–Crippen MR) is 84.5 cm³/mol.